The average Bonchev–Trinajstić information content (AvgIpc) is 2.69. The van der Waals surface area contributed by atoms with Gasteiger partial charge < -0.3 is 0 Å². The Morgan fingerprint density at radius 3 is 1.55 bits per heavy atom. The summed E-state index contributed by atoms with van der Waals surface area (Å²) in [4.78, 5) is 26.1. The second kappa shape index (κ2) is 13.1. The van der Waals surface area contributed by atoms with Crippen LogP contribution >= 0.6 is 42.0 Å². The van der Waals surface area contributed by atoms with E-state index in [1.54, 1.807) is 23.5 Å². The molecule has 0 bridgehead atoms. The first-order chi connectivity index (χ1) is 13.9. The summed E-state index contributed by atoms with van der Waals surface area (Å²) in [6.07, 6.45) is 1.55. The fourth-order valence-corrected chi connectivity index (χ4v) is 5.22. The lowest BCUT2D eigenvalue weighted by atomic mass is 10.3. The van der Waals surface area contributed by atoms with Crippen LogP contribution in [-0.2, 0) is 18.6 Å². The van der Waals surface area contributed by atoms with Crippen LogP contribution in [0.5, 0.6) is 0 Å². The molecule has 2 rings (SSSR count). The maximum Gasteiger partial charge on any atom is 0.545 e. The van der Waals surface area contributed by atoms with Gasteiger partial charge in [0.15, 0.2) is 11.2 Å². The van der Waals surface area contributed by atoms with Crippen molar-refractivity contribution >= 4 is 53.9 Å². The maximum atomic E-state index is 11.9. The summed E-state index contributed by atoms with van der Waals surface area (Å²) in [5, 5.41) is 0. The Hall–Kier alpha value is -1.24. The molecule has 0 saturated heterocycles. The molecule has 0 aliphatic heterocycles. The Balaban J connectivity index is 1.58. The van der Waals surface area contributed by atoms with Gasteiger partial charge >= 0.3 is 19.2 Å². The quantitative estimate of drug-likeness (QED) is 0.227. The number of thioether (sulfide) groups is 2. The van der Waals surface area contributed by atoms with E-state index in [0.29, 0.717) is 12.8 Å². The van der Waals surface area contributed by atoms with Crippen molar-refractivity contribution < 1.29 is 18.6 Å². The van der Waals surface area contributed by atoms with Crippen LogP contribution in [0.2, 0.25) is 0 Å². The van der Waals surface area contributed by atoms with Crippen molar-refractivity contribution in [2.45, 2.75) is 35.5 Å². The highest BCUT2D eigenvalue weighted by atomic mass is 35.7. The average molecular weight is 473 g/mol. The molecule has 0 aliphatic rings. The second-order valence-corrected chi connectivity index (χ2v) is 11.1. The first-order valence-electron chi connectivity index (χ1n) is 9.12. The van der Waals surface area contributed by atoms with E-state index in [1.807, 2.05) is 60.7 Å². The monoisotopic (exact) mass is 472 g/mol. The van der Waals surface area contributed by atoms with Crippen LogP contribution in [0, 0.1) is 0 Å². The van der Waals surface area contributed by atoms with Gasteiger partial charge in [-0.3, -0.25) is 0 Å². The van der Waals surface area contributed by atoms with Gasteiger partial charge in [0.1, 0.15) is 0 Å². The lowest BCUT2D eigenvalue weighted by Crippen LogP contribution is -2.15. The number of carbonyl (C=O) groups excluding carboxylic acids is 2. The Labute approximate surface area is 185 Å². The molecule has 9 heteroatoms. The Morgan fingerprint density at radius 2 is 1.17 bits per heavy atom. The topological polar surface area (TPSA) is 78.6 Å². The molecule has 0 heterocycles. The molecule has 0 amide bonds. The third kappa shape index (κ3) is 10.9. The second-order valence-electron chi connectivity index (χ2n) is 5.98. The van der Waals surface area contributed by atoms with Gasteiger partial charge in [-0.1, -0.05) is 36.4 Å². The molecule has 0 fully saturated rings. The predicted molar refractivity (Wildman–Crippen MR) is 122 cm³/mol. The van der Waals surface area contributed by atoms with Crippen LogP contribution in [0.1, 0.15) is 25.7 Å². The summed E-state index contributed by atoms with van der Waals surface area (Å²) in [6.45, 7) is 0. The van der Waals surface area contributed by atoms with E-state index < -0.39 is 19.2 Å². The molecule has 0 unspecified atom stereocenters. The highest BCUT2D eigenvalue weighted by molar-refractivity contribution is 7.99. The van der Waals surface area contributed by atoms with Crippen LogP contribution in [0.25, 0.3) is 0 Å². The third-order valence-corrected chi connectivity index (χ3v) is 7.04. The van der Waals surface area contributed by atoms with Gasteiger partial charge in [-0.2, -0.15) is 0 Å². The zero-order chi connectivity index (χ0) is 21.0. The van der Waals surface area contributed by atoms with Gasteiger partial charge in [0.05, 0.1) is 12.8 Å². The van der Waals surface area contributed by atoms with Crippen molar-refractivity contribution in [1.82, 2.24) is 0 Å². The van der Waals surface area contributed by atoms with Crippen LogP contribution in [0.3, 0.4) is 0 Å². The zero-order valence-corrected chi connectivity index (χ0v) is 19.2. The van der Waals surface area contributed by atoms with E-state index in [9.17, 15) is 9.59 Å². The maximum absolute atomic E-state index is 11.9. The first-order valence-corrected chi connectivity index (χ1v) is 13.7. The molecule has 156 valence electrons. The van der Waals surface area contributed by atoms with Crippen molar-refractivity contribution in [3.63, 3.8) is 0 Å². The van der Waals surface area contributed by atoms with Gasteiger partial charge in [0.25, 0.3) is 0 Å². The van der Waals surface area contributed by atoms with Crippen molar-refractivity contribution in [3.8, 4) is 0 Å². The smallest absolute Gasteiger partial charge is 0.247 e. The van der Waals surface area contributed by atoms with E-state index in [2.05, 4.69) is 0 Å². The lowest BCUT2D eigenvalue weighted by molar-refractivity contribution is -0.137. The summed E-state index contributed by atoms with van der Waals surface area (Å²) in [6, 6.07) is 19.8. The molecule has 29 heavy (non-hydrogen) atoms. The largest absolute Gasteiger partial charge is 0.545 e. The Bertz CT molecular complexity index is 702. The van der Waals surface area contributed by atoms with Gasteiger partial charge in [0.2, 0.25) is 0 Å². The van der Waals surface area contributed by atoms with Crippen LogP contribution in [0.4, 0.5) is 0 Å². The predicted octanol–water partition coefficient (Wildman–Crippen LogP) is 6.09. The van der Waals surface area contributed by atoms with Gasteiger partial charge in [-0.25, -0.2) is 18.6 Å². The lowest BCUT2D eigenvalue weighted by Gasteiger charge is -2.10. The molecule has 2 aromatic rings. The molecule has 0 spiro atoms. The summed E-state index contributed by atoms with van der Waals surface area (Å²) >= 11 is 9.24. The van der Waals surface area contributed by atoms with Crippen LogP contribution < -0.4 is 5.50 Å². The molecule has 0 aliphatic carbocycles. The van der Waals surface area contributed by atoms with Crippen molar-refractivity contribution in [3.05, 3.63) is 60.7 Å². The van der Waals surface area contributed by atoms with Crippen molar-refractivity contribution in [1.29, 1.82) is 0 Å². The summed E-state index contributed by atoms with van der Waals surface area (Å²) in [5.41, 5.74) is 5.69. The molecule has 2 N–H and O–H groups in total. The minimum Gasteiger partial charge on any atom is -0.247 e. The molecule has 5 nitrogen and oxygen atoms in total. The number of carbonyl (C=O) groups is 2. The van der Waals surface area contributed by atoms with Crippen LogP contribution in [0.15, 0.2) is 70.5 Å². The van der Waals surface area contributed by atoms with E-state index >= 15 is 0 Å². The first kappa shape index (κ1) is 24.0. The van der Waals surface area contributed by atoms with Crippen LogP contribution in [-0.4, -0.2) is 23.4 Å². The molecule has 0 saturated carbocycles. The van der Waals surface area contributed by atoms with Gasteiger partial charge in [0, 0.05) is 9.79 Å². The number of benzene rings is 2. The van der Waals surface area contributed by atoms with E-state index in [1.165, 1.54) is 0 Å². The third-order valence-electron chi connectivity index (χ3n) is 3.53. The summed E-state index contributed by atoms with van der Waals surface area (Å²) in [7, 11) is -3.51. The minimum atomic E-state index is -3.51. The molecule has 0 radical (unpaired) electrons. The SMILES string of the molecule is N[P+](Cl)(OC(=O)CCCSc1ccccc1)OC(=O)CCCSc1ccccc1. The van der Waals surface area contributed by atoms with Gasteiger partial charge in [-0.15, -0.1) is 29.0 Å². The number of halogens is 1. The molecular formula is C20H24ClNO4PS2+. The van der Waals surface area contributed by atoms with E-state index in [0.717, 1.165) is 21.3 Å². The van der Waals surface area contributed by atoms with Gasteiger partial charge in [-0.05, 0) is 48.6 Å². The number of nitrogens with two attached hydrogens (primary N) is 1. The Kier molecular flexibility index (Phi) is 10.9. The summed E-state index contributed by atoms with van der Waals surface area (Å²) < 4.78 is 9.99. The number of hydrogen-bond donors (Lipinski definition) is 1. The Morgan fingerprint density at radius 1 is 0.793 bits per heavy atom. The van der Waals surface area contributed by atoms with E-state index in [-0.39, 0.29) is 12.8 Å². The van der Waals surface area contributed by atoms with Crippen molar-refractivity contribution in [2.75, 3.05) is 11.5 Å². The molecular weight excluding hydrogens is 449 g/mol. The highest BCUT2D eigenvalue weighted by Gasteiger charge is 2.43. The normalized spacial score (nSPS) is 11.1. The number of rotatable bonds is 12. The number of hydrogen-bond acceptors (Lipinski definition) is 7. The van der Waals surface area contributed by atoms with E-state index in [4.69, 9.17) is 25.8 Å². The summed E-state index contributed by atoms with van der Waals surface area (Å²) in [5.74, 6) is 0.404. The fourth-order valence-electron chi connectivity index (χ4n) is 2.23. The fraction of sp³-hybridized carbons (Fsp3) is 0.300. The standard InChI is InChI=1S/C20H24ClNO4PS2/c21-27(22,25-19(23)13-7-15-28-17-9-3-1-4-10-17)26-20(24)14-8-16-29-18-11-5-2-6-12-18/h1-6,9-12H,7-8,13-16,22H2/q+1. The molecule has 0 aromatic heterocycles. The molecule has 0 atom stereocenters. The van der Waals surface area contributed by atoms with Crippen molar-refractivity contribution in [2.24, 2.45) is 5.50 Å². The zero-order valence-electron chi connectivity index (χ0n) is 15.9. The minimum absolute atomic E-state index is 0.163. The molecule has 2 aromatic carbocycles. The highest BCUT2D eigenvalue weighted by Crippen LogP contribution is 2.59.